The summed E-state index contributed by atoms with van der Waals surface area (Å²) in [5.74, 6) is -0.0510. The van der Waals surface area contributed by atoms with Crippen LogP contribution in [0.2, 0.25) is 0 Å². The molecule has 1 aromatic heterocycles. The van der Waals surface area contributed by atoms with Gasteiger partial charge in [-0.25, -0.2) is 0 Å². The van der Waals surface area contributed by atoms with Crippen LogP contribution in [0.15, 0.2) is 46.8 Å². The summed E-state index contributed by atoms with van der Waals surface area (Å²) in [6.07, 6.45) is -0.161. The zero-order chi connectivity index (χ0) is 29.3. The summed E-state index contributed by atoms with van der Waals surface area (Å²) in [6, 6.07) is 7.59. The zero-order valence-corrected chi connectivity index (χ0v) is 23.8. The quantitative estimate of drug-likeness (QED) is 0.314. The summed E-state index contributed by atoms with van der Waals surface area (Å²) in [6.45, 7) is 9.32. The number of hydrogen-bond donors (Lipinski definition) is 2. The summed E-state index contributed by atoms with van der Waals surface area (Å²) in [4.78, 5) is 29.8. The molecule has 1 aromatic carbocycles. The molecule has 9 heteroatoms. The Hall–Kier alpha value is -3.33. The maximum Gasteiger partial charge on any atom is 0.404 e. The number of carbonyl (C=O) groups is 1. The largest absolute Gasteiger partial charge is 0.496 e. The molecule has 6 nitrogen and oxygen atoms in total. The third-order valence-corrected chi connectivity index (χ3v) is 6.74. The summed E-state index contributed by atoms with van der Waals surface area (Å²) < 4.78 is 45.7. The van der Waals surface area contributed by atoms with Crippen molar-refractivity contribution in [2.24, 2.45) is 5.92 Å². The van der Waals surface area contributed by atoms with Gasteiger partial charge in [0.05, 0.1) is 19.2 Å². The molecule has 2 N–H and O–H groups in total. The number of methoxy groups -OCH3 is 1. The van der Waals surface area contributed by atoms with Gasteiger partial charge in [-0.1, -0.05) is 55.8 Å². The van der Waals surface area contributed by atoms with Gasteiger partial charge in [-0.15, -0.1) is 0 Å². The van der Waals surface area contributed by atoms with Crippen LogP contribution in [-0.2, 0) is 11.3 Å². The first-order valence-corrected chi connectivity index (χ1v) is 13.1. The van der Waals surface area contributed by atoms with Crippen molar-refractivity contribution in [2.45, 2.75) is 66.2 Å². The first-order chi connectivity index (χ1) is 18.3. The normalized spacial score (nSPS) is 13.4. The van der Waals surface area contributed by atoms with Crippen LogP contribution in [-0.4, -0.2) is 48.7 Å². The highest BCUT2D eigenvalue weighted by molar-refractivity contribution is 6.21. The molecule has 0 saturated heterocycles. The number of aryl methyl sites for hydroxylation is 1. The summed E-state index contributed by atoms with van der Waals surface area (Å²) >= 11 is 0. The van der Waals surface area contributed by atoms with Crippen LogP contribution < -0.4 is 15.6 Å². The number of aromatic amines is 1. The van der Waals surface area contributed by atoms with Crippen molar-refractivity contribution in [3.8, 4) is 5.75 Å². The second kappa shape index (κ2) is 14.2. The summed E-state index contributed by atoms with van der Waals surface area (Å²) in [5, 5.41) is 2.84. The van der Waals surface area contributed by atoms with Crippen molar-refractivity contribution in [1.29, 1.82) is 0 Å². The fourth-order valence-corrected chi connectivity index (χ4v) is 4.42. The van der Waals surface area contributed by atoms with Crippen molar-refractivity contribution in [3.05, 3.63) is 74.7 Å². The van der Waals surface area contributed by atoms with Crippen molar-refractivity contribution in [3.63, 3.8) is 0 Å². The third-order valence-electron chi connectivity index (χ3n) is 6.74. The zero-order valence-electron chi connectivity index (χ0n) is 23.8. The molecule has 2 atom stereocenters. The van der Waals surface area contributed by atoms with E-state index >= 15 is 0 Å². The lowest BCUT2D eigenvalue weighted by molar-refractivity contribution is -0.182. The highest BCUT2D eigenvalue weighted by Gasteiger charge is 2.41. The van der Waals surface area contributed by atoms with Crippen molar-refractivity contribution in [1.82, 2.24) is 15.2 Å². The minimum Gasteiger partial charge on any atom is -0.496 e. The second-order valence-corrected chi connectivity index (χ2v) is 10.0. The van der Waals surface area contributed by atoms with Gasteiger partial charge >= 0.3 is 6.18 Å². The molecule has 0 radical (unpaired) electrons. The molecule has 0 aliphatic rings. The van der Waals surface area contributed by atoms with Crippen LogP contribution in [0.1, 0.15) is 62.9 Å². The third kappa shape index (κ3) is 8.85. The number of H-pyrrole nitrogens is 1. The van der Waals surface area contributed by atoms with E-state index in [1.807, 2.05) is 57.2 Å². The van der Waals surface area contributed by atoms with Gasteiger partial charge in [0.2, 0.25) is 0 Å². The molecule has 1 amide bonds. The lowest BCUT2D eigenvalue weighted by Crippen LogP contribution is -2.43. The molecule has 2 rings (SSSR count). The minimum atomic E-state index is -4.28. The molecular formula is C30H40F3N3O3. The molecule has 0 bridgehead atoms. The van der Waals surface area contributed by atoms with Crippen LogP contribution in [0, 0.1) is 12.8 Å². The number of hydrogen-bond acceptors (Lipinski definition) is 4. The van der Waals surface area contributed by atoms with Gasteiger partial charge in [0, 0.05) is 11.3 Å². The molecule has 0 spiro atoms. The van der Waals surface area contributed by atoms with E-state index in [0.717, 1.165) is 11.1 Å². The topological polar surface area (TPSA) is 74.4 Å². The maximum atomic E-state index is 13.5. The Kier molecular flexibility index (Phi) is 11.6. The Morgan fingerprint density at radius 1 is 1.21 bits per heavy atom. The predicted octanol–water partition coefficient (Wildman–Crippen LogP) is 6.11. The highest BCUT2D eigenvalue weighted by atomic mass is 19.4. The molecule has 0 aliphatic heterocycles. The monoisotopic (exact) mass is 547 g/mol. The Morgan fingerprint density at radius 3 is 2.46 bits per heavy atom. The summed E-state index contributed by atoms with van der Waals surface area (Å²) in [7, 11) is 2.96. The number of allylic oxidation sites excluding steroid dienone is 2. The number of pyridine rings is 1. The van der Waals surface area contributed by atoms with E-state index in [4.69, 9.17) is 4.74 Å². The fraction of sp³-hybridized carbons (Fsp3) is 0.467. The van der Waals surface area contributed by atoms with Gasteiger partial charge < -0.3 is 15.0 Å². The second-order valence-electron chi connectivity index (χ2n) is 10.0. The Bertz CT molecular complexity index is 1240. The van der Waals surface area contributed by atoms with E-state index < -0.39 is 12.2 Å². The minimum absolute atomic E-state index is 0.00419. The molecular weight excluding hydrogens is 507 g/mol. The average Bonchev–Trinajstić information content (AvgIpc) is 2.86. The van der Waals surface area contributed by atoms with E-state index in [1.54, 1.807) is 19.9 Å². The van der Waals surface area contributed by atoms with Crippen LogP contribution in [0.5, 0.6) is 5.75 Å². The molecule has 1 unspecified atom stereocenters. The van der Waals surface area contributed by atoms with E-state index in [1.165, 1.54) is 19.1 Å². The molecule has 0 saturated carbocycles. The van der Waals surface area contributed by atoms with Crippen molar-refractivity contribution >= 4 is 17.6 Å². The average molecular weight is 548 g/mol. The van der Waals surface area contributed by atoms with Gasteiger partial charge in [-0.05, 0) is 70.3 Å². The number of alkyl halides is 3. The number of nitrogens with one attached hydrogen (secondary N) is 2. The maximum absolute atomic E-state index is 13.5. The predicted molar refractivity (Wildman–Crippen MR) is 150 cm³/mol. The standard InChI is InChI=1S/C30H40F3N3O3/c1-8-36(6)26(30(31,32)33)16-14-20(4)13-15-22-11-9-10-12-23(22)27(19(2)3)29(38)34-18-24-25(39-7)17-21(5)35-28(24)37/h9-13,15,17,20,26H,8,14,16,18H2,1-7H3,(H,34,38)(H,35,37)/b15-13-/t20-,26?/m0/s1. The van der Waals surface area contributed by atoms with Gasteiger partial charge in [0.1, 0.15) is 11.8 Å². The van der Waals surface area contributed by atoms with E-state index in [-0.39, 0.29) is 30.3 Å². The molecule has 2 aromatic rings. The van der Waals surface area contributed by atoms with E-state index in [9.17, 15) is 22.8 Å². The van der Waals surface area contributed by atoms with Crippen molar-refractivity contribution < 1.29 is 22.7 Å². The number of ether oxygens (including phenoxy) is 1. The number of nitrogens with zero attached hydrogens (tertiary/aromatic N) is 1. The lowest BCUT2D eigenvalue weighted by atomic mass is 9.93. The fourth-order valence-electron chi connectivity index (χ4n) is 4.42. The Morgan fingerprint density at radius 2 is 1.87 bits per heavy atom. The molecule has 0 aliphatic carbocycles. The van der Waals surface area contributed by atoms with E-state index in [2.05, 4.69) is 10.3 Å². The number of rotatable bonds is 12. The number of halogens is 3. The summed E-state index contributed by atoms with van der Waals surface area (Å²) in [5.41, 5.74) is 3.35. The number of aromatic nitrogens is 1. The Labute approximate surface area is 229 Å². The number of amides is 1. The van der Waals surface area contributed by atoms with Crippen LogP contribution in [0.3, 0.4) is 0 Å². The first-order valence-electron chi connectivity index (χ1n) is 13.1. The molecule has 1 heterocycles. The van der Waals surface area contributed by atoms with Crippen LogP contribution in [0.4, 0.5) is 13.2 Å². The lowest BCUT2D eigenvalue weighted by Gasteiger charge is -2.29. The van der Waals surface area contributed by atoms with E-state index in [0.29, 0.717) is 41.1 Å². The SMILES string of the molecule is CCN(C)C(CC[C@@H](C)/C=C\c1ccccc1C(C(=O)NCc1c(OC)cc(C)[nH]c1=O)=C(C)C)C(F)(F)F. The first kappa shape index (κ1) is 31.9. The Balaban J connectivity index is 2.23. The van der Waals surface area contributed by atoms with Gasteiger partial charge in [-0.2, -0.15) is 13.2 Å². The van der Waals surface area contributed by atoms with Gasteiger partial charge in [-0.3, -0.25) is 14.5 Å². The number of carbonyl (C=O) groups excluding carboxylic acids is 1. The van der Waals surface area contributed by atoms with Gasteiger partial charge in [0.15, 0.2) is 0 Å². The van der Waals surface area contributed by atoms with Crippen LogP contribution >= 0.6 is 0 Å². The molecule has 214 valence electrons. The van der Waals surface area contributed by atoms with Crippen LogP contribution in [0.25, 0.3) is 11.6 Å². The molecule has 0 fully saturated rings. The highest BCUT2D eigenvalue weighted by Crippen LogP contribution is 2.30. The number of benzene rings is 1. The van der Waals surface area contributed by atoms with Gasteiger partial charge in [0.25, 0.3) is 11.5 Å². The molecule has 39 heavy (non-hydrogen) atoms. The van der Waals surface area contributed by atoms with Crippen molar-refractivity contribution in [2.75, 3.05) is 20.7 Å². The smallest absolute Gasteiger partial charge is 0.404 e.